The minimum absolute atomic E-state index is 0. The minimum Gasteiger partial charge on any atom is -0.550 e. The van der Waals surface area contributed by atoms with E-state index in [9.17, 15) is 44.4 Å². The van der Waals surface area contributed by atoms with Gasteiger partial charge in [-0.25, -0.2) is 0 Å². The number of allylic oxidation sites excluding steroid dienone is 3. The van der Waals surface area contributed by atoms with Crippen molar-refractivity contribution in [1.82, 2.24) is 0 Å². The maximum Gasteiger partial charge on any atom is 1.00 e. The maximum absolute atomic E-state index is 10.1. The van der Waals surface area contributed by atoms with Crippen LogP contribution in [0.4, 0.5) is 0 Å². The van der Waals surface area contributed by atoms with Crippen LogP contribution in [0.1, 0.15) is 50.9 Å². The molecule has 212 valence electrons. The molecule has 0 fully saturated rings. The number of rotatable bonds is 6. The largest absolute Gasteiger partial charge is 1.00 e. The molecule has 1 unspecified atom stereocenters. The first-order valence-corrected chi connectivity index (χ1v) is 11.3. The van der Waals surface area contributed by atoms with Crippen LogP contribution in [-0.2, 0) is 23.7 Å². The predicted octanol–water partition coefficient (Wildman–Crippen LogP) is -15.0. The first-order chi connectivity index (χ1) is 17.0. The normalized spacial score (nSPS) is 8.78. The second-order valence-corrected chi connectivity index (χ2v) is 6.17. The molecule has 4 N–H and O–H groups in total. The monoisotopic (exact) mass is 674 g/mol. The fourth-order valence-electron chi connectivity index (χ4n) is 0.819. The summed E-state index contributed by atoms with van der Waals surface area (Å²) >= 11 is 0. The fourth-order valence-corrected chi connectivity index (χ4v) is 0.819. The van der Waals surface area contributed by atoms with Gasteiger partial charge in [0, 0.05) is 12.4 Å². The van der Waals surface area contributed by atoms with Gasteiger partial charge in [-0.2, -0.15) is 0 Å². The Morgan fingerprint density at radius 3 is 1.34 bits per heavy atom. The Bertz CT molecular complexity index is 838. The molecule has 0 saturated carbocycles. The molecule has 0 bridgehead atoms. The molecule has 1 atom stereocenters. The van der Waals surface area contributed by atoms with Crippen LogP contribution in [0, 0.1) is 0 Å². The van der Waals surface area contributed by atoms with E-state index in [1.54, 1.807) is 44.2 Å². The van der Waals surface area contributed by atoms with Crippen LogP contribution in [0.25, 0.3) is 0 Å². The van der Waals surface area contributed by atoms with Crippen molar-refractivity contribution in [3.63, 3.8) is 0 Å². The topological polar surface area (TPSA) is 276 Å². The number of benzene rings is 1. The van der Waals surface area contributed by atoms with E-state index < -0.39 is 44.2 Å². The first kappa shape index (κ1) is 65.2. The fraction of sp³-hybridized carbons (Fsp3) is 0.318. The van der Waals surface area contributed by atoms with Gasteiger partial charge in [-0.15, -0.1) is 0 Å². The summed E-state index contributed by atoms with van der Waals surface area (Å²) in [5.41, 5.74) is 0.220. The summed E-state index contributed by atoms with van der Waals surface area (Å²) in [5.74, 6) is -5.47. The molecule has 19 heteroatoms. The average Bonchev–Trinajstić information content (AvgIpc) is 2.80. The summed E-state index contributed by atoms with van der Waals surface area (Å²) in [6.45, 7) is 6.08. The van der Waals surface area contributed by atoms with Crippen molar-refractivity contribution in [2.24, 2.45) is 0 Å². The second-order valence-electron chi connectivity index (χ2n) is 5.61. The first-order valence-electron chi connectivity index (χ1n) is 9.98. The van der Waals surface area contributed by atoms with Gasteiger partial charge in [-0.1, -0.05) is 62.4 Å². The number of hydrogen-bond acceptors (Lipinski definition) is 11. The number of aliphatic carboxylic acids is 4. The zero-order valence-electron chi connectivity index (χ0n) is 24.6. The van der Waals surface area contributed by atoms with Gasteiger partial charge in [0.15, 0.2) is 0 Å². The minimum atomic E-state index is -3.13. The molecule has 0 aliphatic carbocycles. The van der Waals surface area contributed by atoms with Crippen LogP contribution in [0.15, 0.2) is 54.6 Å². The molecule has 0 aliphatic heterocycles. The van der Waals surface area contributed by atoms with Gasteiger partial charge in [-0.3, -0.25) is 9.36 Å². The Balaban J connectivity index is -0.0000000430. The molecule has 1 aromatic carbocycles. The molecule has 1 aromatic rings. The Hall–Kier alpha value is 1.43. The number of aliphatic hydroxyl groups is 1. The van der Waals surface area contributed by atoms with E-state index >= 15 is 0 Å². The number of carboxylic acids is 5. The molecule has 0 aromatic heterocycles. The Morgan fingerprint density at radius 2 is 1.20 bits per heavy atom. The molecule has 0 spiro atoms. The van der Waals surface area contributed by atoms with E-state index in [1.807, 2.05) is 0 Å². The SMILES string of the molecule is CC(O)C(=O)[O-].CC=CC=CC(=O)[O-].CCC(=O)O.CCC(=O)[O-].O=C([O-])c1ccccc1.O=[PH](O)O.[K+].[K+].[Na+].[Na+]. The van der Waals surface area contributed by atoms with Crippen LogP contribution in [-0.4, -0.2) is 56.0 Å². The third kappa shape index (κ3) is 92.2. The van der Waals surface area contributed by atoms with E-state index in [0.29, 0.717) is 0 Å². The molecule has 1 rings (SSSR count). The van der Waals surface area contributed by atoms with Crippen molar-refractivity contribution < 1.29 is 231 Å². The van der Waals surface area contributed by atoms with Crippen molar-refractivity contribution in [1.29, 1.82) is 0 Å². The molecule has 0 radical (unpaired) electrons. The van der Waals surface area contributed by atoms with Crippen molar-refractivity contribution in [2.45, 2.75) is 46.6 Å². The number of carbonyl (C=O) groups excluding carboxylic acids is 4. The summed E-state index contributed by atoms with van der Waals surface area (Å²) in [5, 5.41) is 54.0. The average molecular weight is 675 g/mol. The van der Waals surface area contributed by atoms with E-state index in [0.717, 1.165) is 13.0 Å². The molecule has 0 saturated heterocycles. The zero-order chi connectivity index (χ0) is 30.4. The van der Waals surface area contributed by atoms with Crippen LogP contribution < -0.4 is 182 Å². The van der Waals surface area contributed by atoms with E-state index in [1.165, 1.54) is 25.1 Å². The summed E-state index contributed by atoms with van der Waals surface area (Å²) < 4.78 is 8.74. The van der Waals surface area contributed by atoms with E-state index in [-0.39, 0.29) is 180 Å². The molecular formula is C22H31K2Na2O14P. The molecule has 0 aliphatic rings. The van der Waals surface area contributed by atoms with Crippen molar-refractivity contribution in [3.05, 3.63) is 60.2 Å². The van der Waals surface area contributed by atoms with Crippen LogP contribution in [0.3, 0.4) is 0 Å². The van der Waals surface area contributed by atoms with Crippen molar-refractivity contribution >= 4 is 38.1 Å². The number of aliphatic hydroxyl groups excluding tert-OH is 1. The van der Waals surface area contributed by atoms with E-state index in [4.69, 9.17) is 24.6 Å². The number of hydrogen-bond donors (Lipinski definition) is 4. The third-order valence-electron chi connectivity index (χ3n) is 2.48. The Morgan fingerprint density at radius 1 is 0.878 bits per heavy atom. The summed E-state index contributed by atoms with van der Waals surface area (Å²) in [6.07, 6.45) is 4.73. The third-order valence-corrected chi connectivity index (χ3v) is 2.48. The quantitative estimate of drug-likeness (QED) is 0.0944. The molecule has 41 heavy (non-hydrogen) atoms. The van der Waals surface area contributed by atoms with Gasteiger partial charge in [0.2, 0.25) is 0 Å². The molecule has 0 heterocycles. The van der Waals surface area contributed by atoms with Crippen molar-refractivity contribution in [3.8, 4) is 0 Å². The molecular weight excluding hydrogens is 643 g/mol. The summed E-state index contributed by atoms with van der Waals surface area (Å²) in [6, 6.07) is 8.06. The van der Waals surface area contributed by atoms with Gasteiger partial charge in [0.05, 0.1) is 24.0 Å². The van der Waals surface area contributed by atoms with Crippen LogP contribution in [0.2, 0.25) is 0 Å². The summed E-state index contributed by atoms with van der Waals surface area (Å²) in [4.78, 5) is 62.0. The predicted molar refractivity (Wildman–Crippen MR) is 123 cm³/mol. The number of aromatic carboxylic acids is 1. The maximum atomic E-state index is 10.1. The molecule has 0 amide bonds. The van der Waals surface area contributed by atoms with Gasteiger partial charge < -0.3 is 59.6 Å². The smallest absolute Gasteiger partial charge is 0.550 e. The summed E-state index contributed by atoms with van der Waals surface area (Å²) in [7, 11) is -3.13. The standard InChI is InChI=1S/C7H6O2.C6H8O2.C3H6O3.2C3H6O2.2K.2Na.H3O3P/c8-7(9)6-4-2-1-3-5-6;1-2-3-4-5-6(7)8;1-2(4)3(5)6;2*1-2-3(4)5;;;;;1-4(2)3/h1-5H,(H,8,9);2-5H,1H3,(H,7,8);2,4H,1H3,(H,5,6);2*2H2,1H3,(H,4,5);;;;;4H,(H2,1,2,3)/q;;;;;4*+1;/p-4. The van der Waals surface area contributed by atoms with Gasteiger partial charge in [0.1, 0.15) is 0 Å². The van der Waals surface area contributed by atoms with Gasteiger partial charge >= 0.3 is 176 Å². The van der Waals surface area contributed by atoms with Gasteiger partial charge in [-0.05, 0) is 31.9 Å². The zero-order valence-corrected chi connectivity index (χ0v) is 35.8. The molecule has 14 nitrogen and oxygen atoms in total. The van der Waals surface area contributed by atoms with E-state index in [2.05, 4.69) is 0 Å². The number of carboxylic acid groups (broad SMARTS) is 5. The number of carbonyl (C=O) groups is 5. The van der Waals surface area contributed by atoms with Crippen LogP contribution >= 0.6 is 8.25 Å². The van der Waals surface area contributed by atoms with Gasteiger partial charge in [0.25, 0.3) is 0 Å². The van der Waals surface area contributed by atoms with Crippen LogP contribution in [0.5, 0.6) is 0 Å². The Labute approximate surface area is 369 Å². The second kappa shape index (κ2) is 51.0. The van der Waals surface area contributed by atoms with Crippen molar-refractivity contribution in [2.75, 3.05) is 0 Å². The Kier molecular flexibility index (Phi) is 81.1.